The van der Waals surface area contributed by atoms with Crippen LogP contribution in [0.1, 0.15) is 48.9 Å². The Hall–Kier alpha value is -1.42. The molecule has 1 rings (SSSR count). The van der Waals surface area contributed by atoms with Crippen LogP contribution in [0.5, 0.6) is 0 Å². The van der Waals surface area contributed by atoms with Crippen molar-refractivity contribution in [1.29, 1.82) is 0 Å². The molecule has 0 spiro atoms. The number of carbonyl (C=O) groups excluding carboxylic acids is 1. The average molecular weight is 287 g/mol. The summed E-state index contributed by atoms with van der Waals surface area (Å²) in [5, 5.41) is 8.59. The summed E-state index contributed by atoms with van der Waals surface area (Å²) >= 11 is 5.80. The van der Waals surface area contributed by atoms with E-state index in [2.05, 4.69) is 0 Å². The van der Waals surface area contributed by atoms with Crippen molar-refractivity contribution in [1.82, 2.24) is 0 Å². The van der Waals surface area contributed by atoms with E-state index in [1.165, 1.54) is 18.2 Å². The fourth-order valence-electron chi connectivity index (χ4n) is 1.80. The van der Waals surface area contributed by atoms with E-state index >= 15 is 0 Å². The van der Waals surface area contributed by atoms with E-state index in [0.29, 0.717) is 12.8 Å². The summed E-state index contributed by atoms with van der Waals surface area (Å²) in [7, 11) is 0. The molecule has 0 radical (unpaired) electrons. The van der Waals surface area contributed by atoms with Gasteiger partial charge in [0.1, 0.15) is 5.82 Å². The smallest absolute Gasteiger partial charge is 0.303 e. The van der Waals surface area contributed by atoms with Gasteiger partial charge in [-0.3, -0.25) is 9.59 Å². The van der Waals surface area contributed by atoms with Gasteiger partial charge in [0, 0.05) is 12.8 Å². The number of carbonyl (C=O) groups is 2. The summed E-state index contributed by atoms with van der Waals surface area (Å²) in [6, 6.07) is 4.16. The molecular weight excluding hydrogens is 271 g/mol. The lowest BCUT2D eigenvalue weighted by molar-refractivity contribution is -0.137. The van der Waals surface area contributed by atoms with Gasteiger partial charge in [0.05, 0.1) is 10.6 Å². The number of carboxylic acids is 1. The van der Waals surface area contributed by atoms with Gasteiger partial charge in [-0.05, 0) is 25.0 Å². The van der Waals surface area contributed by atoms with Gasteiger partial charge in [0.15, 0.2) is 5.78 Å². The van der Waals surface area contributed by atoms with E-state index < -0.39 is 11.8 Å². The molecule has 3 nitrogen and oxygen atoms in total. The molecule has 5 heteroatoms. The molecule has 1 aromatic rings. The highest BCUT2D eigenvalue weighted by molar-refractivity contribution is 6.34. The molecule has 0 aliphatic heterocycles. The zero-order chi connectivity index (χ0) is 14.3. The fourth-order valence-corrected chi connectivity index (χ4v) is 2.07. The molecule has 0 bridgehead atoms. The van der Waals surface area contributed by atoms with Crippen molar-refractivity contribution in [2.24, 2.45) is 0 Å². The Morgan fingerprint density at radius 2 is 1.74 bits per heavy atom. The number of Topliss-reactive ketones (excluding diaryl/α,β-unsaturated/α-hetero) is 1. The molecule has 0 aromatic heterocycles. The van der Waals surface area contributed by atoms with Gasteiger partial charge in [-0.25, -0.2) is 4.39 Å². The number of carboxylic acid groups (broad SMARTS) is 1. The predicted molar refractivity (Wildman–Crippen MR) is 71.1 cm³/mol. The van der Waals surface area contributed by atoms with Crippen molar-refractivity contribution in [2.75, 3.05) is 0 Å². The van der Waals surface area contributed by atoms with Crippen molar-refractivity contribution < 1.29 is 19.1 Å². The number of hydrogen-bond donors (Lipinski definition) is 1. The van der Waals surface area contributed by atoms with E-state index in [1.54, 1.807) is 0 Å². The Labute approximate surface area is 116 Å². The standard InChI is InChI=1S/C14H16ClFO3/c15-10-6-5-7-11(16)14(10)12(17)8-3-1-2-4-9-13(18)19/h5-7H,1-4,8-9H2,(H,18,19). The van der Waals surface area contributed by atoms with Crippen LogP contribution in [0.2, 0.25) is 5.02 Å². The lowest BCUT2D eigenvalue weighted by atomic mass is 10.0. The third kappa shape index (κ3) is 5.39. The summed E-state index contributed by atoms with van der Waals surface area (Å²) < 4.78 is 13.4. The first-order valence-corrected chi connectivity index (χ1v) is 6.59. The molecular formula is C14H16ClFO3. The van der Waals surface area contributed by atoms with Crippen LogP contribution in [0, 0.1) is 5.82 Å². The average Bonchev–Trinajstić information content (AvgIpc) is 2.33. The topological polar surface area (TPSA) is 54.4 Å². The van der Waals surface area contributed by atoms with Crippen LogP contribution in [0.4, 0.5) is 4.39 Å². The second kappa shape index (κ2) is 7.89. The SMILES string of the molecule is O=C(O)CCCCCCC(=O)c1c(F)cccc1Cl. The fraction of sp³-hybridized carbons (Fsp3) is 0.429. The molecule has 0 heterocycles. The Morgan fingerprint density at radius 3 is 2.32 bits per heavy atom. The van der Waals surface area contributed by atoms with Crippen LogP contribution in [0.25, 0.3) is 0 Å². The lowest BCUT2D eigenvalue weighted by Gasteiger charge is -2.04. The van der Waals surface area contributed by atoms with Crippen LogP contribution in [-0.2, 0) is 4.79 Å². The van der Waals surface area contributed by atoms with Gasteiger partial charge in [-0.1, -0.05) is 30.5 Å². The Balaban J connectivity index is 2.34. The molecule has 104 valence electrons. The van der Waals surface area contributed by atoms with Crippen molar-refractivity contribution in [2.45, 2.75) is 38.5 Å². The molecule has 19 heavy (non-hydrogen) atoms. The van der Waals surface area contributed by atoms with E-state index in [4.69, 9.17) is 16.7 Å². The highest BCUT2D eigenvalue weighted by atomic mass is 35.5. The third-order valence-corrected chi connectivity index (χ3v) is 3.10. The molecule has 0 atom stereocenters. The number of unbranched alkanes of at least 4 members (excludes halogenated alkanes) is 3. The van der Waals surface area contributed by atoms with Crippen molar-refractivity contribution in [3.63, 3.8) is 0 Å². The highest BCUT2D eigenvalue weighted by Crippen LogP contribution is 2.21. The Morgan fingerprint density at radius 1 is 1.11 bits per heavy atom. The third-order valence-electron chi connectivity index (χ3n) is 2.79. The Bertz CT molecular complexity index is 440. The molecule has 0 saturated carbocycles. The molecule has 0 fully saturated rings. The van der Waals surface area contributed by atoms with Crippen LogP contribution in [-0.4, -0.2) is 16.9 Å². The molecule has 1 N–H and O–H groups in total. The first kappa shape index (κ1) is 15.6. The van der Waals surface area contributed by atoms with Crippen LogP contribution in [0.15, 0.2) is 18.2 Å². The van der Waals surface area contributed by atoms with E-state index in [-0.39, 0.29) is 29.2 Å². The maximum atomic E-state index is 13.4. The Kier molecular flexibility index (Phi) is 6.50. The van der Waals surface area contributed by atoms with Gasteiger partial charge < -0.3 is 5.11 Å². The minimum absolute atomic E-state index is 0.0466. The molecule has 0 saturated heterocycles. The van der Waals surface area contributed by atoms with Crippen LogP contribution < -0.4 is 0 Å². The van der Waals surface area contributed by atoms with Gasteiger partial charge in [0.2, 0.25) is 0 Å². The summed E-state index contributed by atoms with van der Waals surface area (Å²) in [4.78, 5) is 22.1. The van der Waals surface area contributed by atoms with Gasteiger partial charge in [-0.15, -0.1) is 0 Å². The number of aliphatic carboxylic acids is 1. The highest BCUT2D eigenvalue weighted by Gasteiger charge is 2.14. The maximum Gasteiger partial charge on any atom is 0.303 e. The quantitative estimate of drug-likeness (QED) is 0.578. The van der Waals surface area contributed by atoms with Crippen LogP contribution >= 0.6 is 11.6 Å². The van der Waals surface area contributed by atoms with Crippen LogP contribution in [0.3, 0.4) is 0 Å². The second-order valence-electron chi connectivity index (χ2n) is 4.33. The molecule has 0 aliphatic rings. The lowest BCUT2D eigenvalue weighted by Crippen LogP contribution is -2.03. The van der Waals surface area contributed by atoms with Gasteiger partial charge in [-0.2, -0.15) is 0 Å². The van der Waals surface area contributed by atoms with E-state index in [1.807, 2.05) is 0 Å². The molecule has 1 aromatic carbocycles. The zero-order valence-corrected chi connectivity index (χ0v) is 11.3. The van der Waals surface area contributed by atoms with Crippen molar-refractivity contribution >= 4 is 23.4 Å². The number of halogens is 2. The van der Waals surface area contributed by atoms with Crippen molar-refractivity contribution in [3.05, 3.63) is 34.6 Å². The number of rotatable bonds is 8. The molecule has 0 amide bonds. The zero-order valence-electron chi connectivity index (χ0n) is 10.5. The van der Waals surface area contributed by atoms with E-state index in [0.717, 1.165) is 12.8 Å². The second-order valence-corrected chi connectivity index (χ2v) is 4.73. The number of hydrogen-bond acceptors (Lipinski definition) is 2. The monoisotopic (exact) mass is 286 g/mol. The van der Waals surface area contributed by atoms with Gasteiger partial charge >= 0.3 is 5.97 Å². The van der Waals surface area contributed by atoms with Gasteiger partial charge in [0.25, 0.3) is 0 Å². The minimum Gasteiger partial charge on any atom is -0.481 e. The predicted octanol–water partition coefficient (Wildman–Crippen LogP) is 4.09. The summed E-state index contributed by atoms with van der Waals surface area (Å²) in [5.41, 5.74) is -0.0466. The molecule has 0 unspecified atom stereocenters. The number of benzene rings is 1. The van der Waals surface area contributed by atoms with Crippen molar-refractivity contribution in [3.8, 4) is 0 Å². The molecule has 0 aliphatic carbocycles. The largest absolute Gasteiger partial charge is 0.481 e. The first-order valence-electron chi connectivity index (χ1n) is 6.21. The first-order chi connectivity index (χ1) is 9.02. The summed E-state index contributed by atoms with van der Waals surface area (Å²) in [6.45, 7) is 0. The normalized spacial score (nSPS) is 10.4. The number of ketones is 1. The summed E-state index contributed by atoms with van der Waals surface area (Å²) in [5.74, 6) is -1.71. The summed E-state index contributed by atoms with van der Waals surface area (Å²) in [6.07, 6.45) is 3.10. The minimum atomic E-state index is -0.811. The maximum absolute atomic E-state index is 13.4. The van der Waals surface area contributed by atoms with E-state index in [9.17, 15) is 14.0 Å².